The molecule has 21 heavy (non-hydrogen) atoms. The van der Waals surface area contributed by atoms with Gasteiger partial charge in [0.25, 0.3) is 0 Å². The summed E-state index contributed by atoms with van der Waals surface area (Å²) in [5.74, 6) is 0.759. The lowest BCUT2D eigenvalue weighted by atomic mass is 9.80. The van der Waals surface area contributed by atoms with Gasteiger partial charge in [-0.1, -0.05) is 0 Å². The van der Waals surface area contributed by atoms with Gasteiger partial charge >= 0.3 is 5.97 Å². The van der Waals surface area contributed by atoms with Gasteiger partial charge in [0.15, 0.2) is 0 Å². The number of benzene rings is 1. The van der Waals surface area contributed by atoms with Crippen molar-refractivity contribution in [2.75, 3.05) is 13.7 Å². The van der Waals surface area contributed by atoms with E-state index in [4.69, 9.17) is 9.47 Å². The van der Waals surface area contributed by atoms with E-state index in [1.165, 1.54) is 0 Å². The summed E-state index contributed by atoms with van der Waals surface area (Å²) in [4.78, 5) is 11.5. The van der Waals surface area contributed by atoms with Crippen LogP contribution in [-0.2, 0) is 4.79 Å². The van der Waals surface area contributed by atoms with Crippen LogP contribution in [0.2, 0.25) is 0 Å². The number of hydrogen-bond donors (Lipinski definition) is 2. The smallest absolute Gasteiger partial charge is 0.324 e. The third-order valence-electron chi connectivity index (χ3n) is 4.03. The van der Waals surface area contributed by atoms with Gasteiger partial charge in [0, 0.05) is 6.42 Å². The van der Waals surface area contributed by atoms with Crippen molar-refractivity contribution in [3.63, 3.8) is 0 Å². The SMILES string of the molecule is CCOc1ccc(OC2CCCC(NC)(C(=O)O)C2)cc1. The Labute approximate surface area is 125 Å². The zero-order chi connectivity index (χ0) is 15.3. The minimum absolute atomic E-state index is 0.0831. The second-order valence-electron chi connectivity index (χ2n) is 5.38. The van der Waals surface area contributed by atoms with Crippen LogP contribution in [0.1, 0.15) is 32.6 Å². The summed E-state index contributed by atoms with van der Waals surface area (Å²) in [7, 11) is 1.70. The summed E-state index contributed by atoms with van der Waals surface area (Å²) in [5, 5.41) is 12.4. The maximum Gasteiger partial charge on any atom is 0.324 e. The lowest BCUT2D eigenvalue weighted by molar-refractivity contribution is -0.147. The fourth-order valence-corrected chi connectivity index (χ4v) is 2.83. The molecule has 0 aliphatic heterocycles. The molecular formula is C16H23NO4. The number of carboxylic acids is 1. The number of ether oxygens (including phenoxy) is 2. The quantitative estimate of drug-likeness (QED) is 0.843. The van der Waals surface area contributed by atoms with Crippen molar-refractivity contribution >= 4 is 5.97 Å². The molecule has 0 bridgehead atoms. The van der Waals surface area contributed by atoms with Crippen LogP contribution in [0.4, 0.5) is 0 Å². The van der Waals surface area contributed by atoms with Crippen LogP contribution in [-0.4, -0.2) is 36.4 Å². The molecule has 0 spiro atoms. The third-order valence-corrected chi connectivity index (χ3v) is 4.03. The summed E-state index contributed by atoms with van der Waals surface area (Å²) in [6.45, 7) is 2.57. The molecule has 2 atom stereocenters. The fraction of sp³-hybridized carbons (Fsp3) is 0.562. The summed E-state index contributed by atoms with van der Waals surface area (Å²) in [6.07, 6.45) is 2.76. The fourth-order valence-electron chi connectivity index (χ4n) is 2.83. The second kappa shape index (κ2) is 6.80. The van der Waals surface area contributed by atoms with Crippen LogP contribution >= 0.6 is 0 Å². The lowest BCUT2D eigenvalue weighted by Gasteiger charge is -2.37. The molecule has 1 saturated carbocycles. The standard InChI is InChI=1S/C16H23NO4/c1-3-20-12-6-8-13(9-7-12)21-14-5-4-10-16(11-14,17-2)15(18)19/h6-9,14,17H,3-5,10-11H2,1-2H3,(H,18,19). The van der Waals surface area contributed by atoms with Crippen LogP contribution in [0.5, 0.6) is 11.5 Å². The van der Waals surface area contributed by atoms with Crippen molar-refractivity contribution < 1.29 is 19.4 Å². The highest BCUT2D eigenvalue weighted by Crippen LogP contribution is 2.31. The van der Waals surface area contributed by atoms with Crippen molar-refractivity contribution in [1.82, 2.24) is 5.32 Å². The zero-order valence-corrected chi connectivity index (χ0v) is 12.6. The number of aliphatic carboxylic acids is 1. The number of carboxylic acid groups (broad SMARTS) is 1. The third kappa shape index (κ3) is 3.67. The summed E-state index contributed by atoms with van der Waals surface area (Å²) >= 11 is 0. The van der Waals surface area contributed by atoms with E-state index >= 15 is 0 Å². The van der Waals surface area contributed by atoms with E-state index in [2.05, 4.69) is 5.32 Å². The molecule has 1 aliphatic carbocycles. The van der Waals surface area contributed by atoms with Crippen LogP contribution in [0.3, 0.4) is 0 Å². The minimum Gasteiger partial charge on any atom is -0.494 e. The predicted molar refractivity (Wildman–Crippen MR) is 79.9 cm³/mol. The van der Waals surface area contributed by atoms with Crippen molar-refractivity contribution in [3.05, 3.63) is 24.3 Å². The first kappa shape index (κ1) is 15.6. The summed E-state index contributed by atoms with van der Waals surface area (Å²) in [5.41, 5.74) is -0.867. The van der Waals surface area contributed by atoms with Gasteiger partial charge < -0.3 is 19.9 Å². The maximum absolute atomic E-state index is 11.5. The number of carbonyl (C=O) groups is 1. The molecule has 2 unspecified atom stereocenters. The Balaban J connectivity index is 2.00. The molecule has 0 saturated heterocycles. The van der Waals surface area contributed by atoms with E-state index in [1.54, 1.807) is 7.05 Å². The molecular weight excluding hydrogens is 270 g/mol. The van der Waals surface area contributed by atoms with Crippen LogP contribution in [0.15, 0.2) is 24.3 Å². The Morgan fingerprint density at radius 2 is 2.05 bits per heavy atom. The molecule has 0 amide bonds. The summed E-state index contributed by atoms with van der Waals surface area (Å²) in [6, 6.07) is 7.46. The van der Waals surface area contributed by atoms with Gasteiger partial charge in [-0.15, -0.1) is 0 Å². The first-order chi connectivity index (χ1) is 10.1. The first-order valence-corrected chi connectivity index (χ1v) is 7.41. The van der Waals surface area contributed by atoms with Crippen LogP contribution in [0.25, 0.3) is 0 Å². The molecule has 2 rings (SSSR count). The topological polar surface area (TPSA) is 67.8 Å². The van der Waals surface area contributed by atoms with E-state index in [-0.39, 0.29) is 6.10 Å². The highest BCUT2D eigenvalue weighted by molar-refractivity contribution is 5.79. The van der Waals surface area contributed by atoms with E-state index < -0.39 is 11.5 Å². The average Bonchev–Trinajstić information content (AvgIpc) is 2.49. The van der Waals surface area contributed by atoms with Crippen molar-refractivity contribution in [3.8, 4) is 11.5 Å². The Hall–Kier alpha value is -1.75. The second-order valence-corrected chi connectivity index (χ2v) is 5.38. The van der Waals surface area contributed by atoms with Gasteiger partial charge in [-0.05, 0) is 57.5 Å². The lowest BCUT2D eigenvalue weighted by Crippen LogP contribution is -2.55. The van der Waals surface area contributed by atoms with Crippen molar-refractivity contribution in [2.24, 2.45) is 0 Å². The molecule has 0 aromatic heterocycles. The van der Waals surface area contributed by atoms with Crippen LogP contribution in [0, 0.1) is 0 Å². The number of rotatable bonds is 6. The van der Waals surface area contributed by atoms with Gasteiger partial charge in [-0.3, -0.25) is 4.79 Å². The largest absolute Gasteiger partial charge is 0.494 e. The zero-order valence-electron chi connectivity index (χ0n) is 12.6. The average molecular weight is 293 g/mol. The van der Waals surface area contributed by atoms with Gasteiger partial charge in [0.05, 0.1) is 6.61 Å². The molecule has 5 nitrogen and oxygen atoms in total. The predicted octanol–water partition coefficient (Wildman–Crippen LogP) is 2.45. The van der Waals surface area contributed by atoms with Gasteiger partial charge in [-0.25, -0.2) is 0 Å². The van der Waals surface area contributed by atoms with E-state index in [1.807, 2.05) is 31.2 Å². The van der Waals surface area contributed by atoms with E-state index in [0.717, 1.165) is 24.3 Å². The summed E-state index contributed by atoms with van der Waals surface area (Å²) < 4.78 is 11.3. The molecule has 5 heteroatoms. The van der Waals surface area contributed by atoms with Gasteiger partial charge in [0.2, 0.25) is 0 Å². The van der Waals surface area contributed by atoms with E-state index in [9.17, 15) is 9.90 Å². The molecule has 0 heterocycles. The molecule has 1 aromatic rings. The minimum atomic E-state index is -0.867. The van der Waals surface area contributed by atoms with E-state index in [0.29, 0.717) is 19.4 Å². The van der Waals surface area contributed by atoms with Crippen LogP contribution < -0.4 is 14.8 Å². The molecule has 2 N–H and O–H groups in total. The Morgan fingerprint density at radius 3 is 2.62 bits per heavy atom. The molecule has 1 aliphatic rings. The maximum atomic E-state index is 11.5. The Morgan fingerprint density at radius 1 is 1.38 bits per heavy atom. The molecule has 1 aromatic carbocycles. The number of likely N-dealkylation sites (N-methyl/N-ethyl adjacent to an activating group) is 1. The van der Waals surface area contributed by atoms with Crippen molar-refractivity contribution in [1.29, 1.82) is 0 Å². The number of hydrogen-bond acceptors (Lipinski definition) is 4. The number of nitrogens with one attached hydrogen (secondary N) is 1. The highest BCUT2D eigenvalue weighted by atomic mass is 16.5. The van der Waals surface area contributed by atoms with Gasteiger partial charge in [-0.2, -0.15) is 0 Å². The monoisotopic (exact) mass is 293 g/mol. The van der Waals surface area contributed by atoms with Crippen molar-refractivity contribution in [2.45, 2.75) is 44.2 Å². The van der Waals surface area contributed by atoms with Gasteiger partial charge in [0.1, 0.15) is 23.1 Å². The first-order valence-electron chi connectivity index (χ1n) is 7.41. The molecule has 116 valence electrons. The Bertz CT molecular complexity index is 474. The normalized spacial score (nSPS) is 25.3. The molecule has 1 fully saturated rings. The Kier molecular flexibility index (Phi) is 5.07. The molecule has 0 radical (unpaired) electrons. The highest BCUT2D eigenvalue weighted by Gasteiger charge is 2.42.